The number of hydrogen-bond donors (Lipinski definition) is 1. The molecule has 3 heteroatoms. The van der Waals surface area contributed by atoms with Crippen LogP contribution in [0.15, 0.2) is 22.7 Å². The molecule has 0 aliphatic heterocycles. The van der Waals surface area contributed by atoms with Gasteiger partial charge in [0.1, 0.15) is 0 Å². The van der Waals surface area contributed by atoms with Gasteiger partial charge in [0.2, 0.25) is 0 Å². The zero-order chi connectivity index (χ0) is 10.2. The molecule has 1 aliphatic carbocycles. The Morgan fingerprint density at radius 1 is 1.29 bits per heavy atom. The van der Waals surface area contributed by atoms with Crippen LogP contribution in [0.2, 0.25) is 5.02 Å². The van der Waals surface area contributed by atoms with E-state index >= 15 is 0 Å². The number of benzene rings is 1. The van der Waals surface area contributed by atoms with E-state index in [0.717, 1.165) is 27.9 Å². The van der Waals surface area contributed by atoms with Gasteiger partial charge < -0.3 is 5.73 Å². The molecule has 0 amide bonds. The van der Waals surface area contributed by atoms with Crippen LogP contribution in [0.4, 0.5) is 0 Å². The van der Waals surface area contributed by atoms with Gasteiger partial charge in [0.25, 0.3) is 0 Å². The predicted molar refractivity (Wildman–Crippen MR) is 63.5 cm³/mol. The Labute approximate surface area is 97.8 Å². The molecule has 0 heterocycles. The third kappa shape index (κ3) is 1.83. The standard InChI is InChI=1S/C11H13BrClN/c12-8-3-4-10(13)9(7-8)11(14)5-1-2-6-11/h3-4,7H,1-2,5-6,14H2. The topological polar surface area (TPSA) is 26.0 Å². The molecule has 2 rings (SSSR count). The maximum absolute atomic E-state index is 6.34. The normalized spacial score (nSPS) is 19.9. The van der Waals surface area contributed by atoms with Gasteiger partial charge >= 0.3 is 0 Å². The summed E-state index contributed by atoms with van der Waals surface area (Å²) in [6.45, 7) is 0. The highest BCUT2D eigenvalue weighted by Gasteiger charge is 2.32. The zero-order valence-corrected chi connectivity index (χ0v) is 10.2. The van der Waals surface area contributed by atoms with Crippen LogP contribution in [0.5, 0.6) is 0 Å². The van der Waals surface area contributed by atoms with Crippen molar-refractivity contribution in [2.75, 3.05) is 0 Å². The summed E-state index contributed by atoms with van der Waals surface area (Å²) >= 11 is 9.62. The van der Waals surface area contributed by atoms with E-state index in [4.69, 9.17) is 17.3 Å². The molecule has 1 saturated carbocycles. The molecule has 1 aromatic rings. The first kappa shape index (κ1) is 10.5. The molecule has 0 unspecified atom stereocenters. The smallest absolute Gasteiger partial charge is 0.0457 e. The van der Waals surface area contributed by atoms with E-state index in [1.165, 1.54) is 12.8 Å². The van der Waals surface area contributed by atoms with Gasteiger partial charge in [-0.05, 0) is 36.6 Å². The van der Waals surface area contributed by atoms with Crippen molar-refractivity contribution in [2.45, 2.75) is 31.2 Å². The minimum atomic E-state index is -0.194. The lowest BCUT2D eigenvalue weighted by molar-refractivity contribution is 0.462. The first-order chi connectivity index (χ1) is 6.62. The summed E-state index contributed by atoms with van der Waals surface area (Å²) < 4.78 is 1.05. The zero-order valence-electron chi connectivity index (χ0n) is 7.89. The Hall–Kier alpha value is -0.0500. The Kier molecular flexibility index (Phi) is 2.87. The van der Waals surface area contributed by atoms with Gasteiger partial charge in [0, 0.05) is 15.0 Å². The number of nitrogens with two attached hydrogens (primary N) is 1. The van der Waals surface area contributed by atoms with Crippen LogP contribution in [0.25, 0.3) is 0 Å². The van der Waals surface area contributed by atoms with Crippen LogP contribution in [-0.4, -0.2) is 0 Å². The summed E-state index contributed by atoms with van der Waals surface area (Å²) in [6.07, 6.45) is 4.50. The van der Waals surface area contributed by atoms with Crippen molar-refractivity contribution in [3.05, 3.63) is 33.3 Å². The summed E-state index contributed by atoms with van der Waals surface area (Å²) in [5, 5.41) is 0.789. The van der Waals surface area contributed by atoms with Crippen LogP contribution < -0.4 is 5.73 Å². The average Bonchev–Trinajstić information content (AvgIpc) is 2.58. The summed E-state index contributed by atoms with van der Waals surface area (Å²) in [5.74, 6) is 0. The third-order valence-electron chi connectivity index (χ3n) is 2.96. The van der Waals surface area contributed by atoms with E-state index < -0.39 is 0 Å². The predicted octanol–water partition coefficient (Wildman–Crippen LogP) is 3.83. The molecule has 0 atom stereocenters. The van der Waals surface area contributed by atoms with Gasteiger partial charge in [0.05, 0.1) is 0 Å². The van der Waals surface area contributed by atoms with Gasteiger partial charge in [-0.2, -0.15) is 0 Å². The van der Waals surface area contributed by atoms with Crippen LogP contribution in [0, 0.1) is 0 Å². The SMILES string of the molecule is NC1(c2cc(Br)ccc2Cl)CCCC1. The third-order valence-corrected chi connectivity index (χ3v) is 3.78. The minimum absolute atomic E-state index is 0.194. The lowest BCUT2D eigenvalue weighted by Crippen LogP contribution is -2.33. The van der Waals surface area contributed by atoms with Crippen molar-refractivity contribution in [2.24, 2.45) is 5.73 Å². The van der Waals surface area contributed by atoms with E-state index in [1.807, 2.05) is 18.2 Å². The summed E-state index contributed by atoms with van der Waals surface area (Å²) in [5.41, 5.74) is 7.24. The molecular weight excluding hydrogens is 261 g/mol. The summed E-state index contributed by atoms with van der Waals surface area (Å²) in [6, 6.07) is 5.91. The fourth-order valence-corrected chi connectivity index (χ4v) is 2.82. The van der Waals surface area contributed by atoms with Crippen LogP contribution >= 0.6 is 27.5 Å². The largest absolute Gasteiger partial charge is 0.321 e. The molecule has 0 aromatic heterocycles. The maximum atomic E-state index is 6.34. The lowest BCUT2D eigenvalue weighted by Gasteiger charge is -2.25. The molecule has 0 bridgehead atoms. The molecule has 14 heavy (non-hydrogen) atoms. The van der Waals surface area contributed by atoms with Crippen LogP contribution in [0.3, 0.4) is 0 Å². The molecule has 1 aliphatic rings. The van der Waals surface area contributed by atoms with Crippen molar-refractivity contribution >= 4 is 27.5 Å². The summed E-state index contributed by atoms with van der Waals surface area (Å²) in [4.78, 5) is 0. The van der Waals surface area contributed by atoms with Crippen molar-refractivity contribution in [1.29, 1.82) is 0 Å². The molecular formula is C11H13BrClN. The van der Waals surface area contributed by atoms with E-state index in [9.17, 15) is 0 Å². The van der Waals surface area contributed by atoms with Gasteiger partial charge in [-0.25, -0.2) is 0 Å². The van der Waals surface area contributed by atoms with Gasteiger partial charge in [-0.1, -0.05) is 40.4 Å². The van der Waals surface area contributed by atoms with Crippen LogP contribution in [-0.2, 0) is 5.54 Å². The molecule has 0 saturated heterocycles. The quantitative estimate of drug-likeness (QED) is 0.827. The van der Waals surface area contributed by atoms with E-state index in [1.54, 1.807) is 0 Å². The fourth-order valence-electron chi connectivity index (χ4n) is 2.15. The summed E-state index contributed by atoms with van der Waals surface area (Å²) in [7, 11) is 0. The van der Waals surface area contributed by atoms with Crippen LogP contribution in [0.1, 0.15) is 31.2 Å². The Balaban J connectivity index is 2.44. The second-order valence-corrected chi connectivity index (χ2v) is 5.31. The minimum Gasteiger partial charge on any atom is -0.321 e. The lowest BCUT2D eigenvalue weighted by atomic mass is 9.89. The Morgan fingerprint density at radius 2 is 1.93 bits per heavy atom. The number of hydrogen-bond acceptors (Lipinski definition) is 1. The second-order valence-electron chi connectivity index (χ2n) is 3.99. The van der Waals surface area contributed by atoms with E-state index in [-0.39, 0.29) is 5.54 Å². The first-order valence-corrected chi connectivity index (χ1v) is 6.03. The number of rotatable bonds is 1. The van der Waals surface area contributed by atoms with Gasteiger partial charge in [-0.3, -0.25) is 0 Å². The molecule has 2 N–H and O–H groups in total. The molecule has 0 spiro atoms. The molecule has 1 aromatic carbocycles. The average molecular weight is 275 g/mol. The molecule has 1 nitrogen and oxygen atoms in total. The monoisotopic (exact) mass is 273 g/mol. The Morgan fingerprint density at radius 3 is 2.57 bits per heavy atom. The van der Waals surface area contributed by atoms with E-state index in [0.29, 0.717) is 0 Å². The second kappa shape index (κ2) is 3.84. The molecule has 1 fully saturated rings. The van der Waals surface area contributed by atoms with Gasteiger partial charge in [-0.15, -0.1) is 0 Å². The van der Waals surface area contributed by atoms with E-state index in [2.05, 4.69) is 15.9 Å². The Bertz CT molecular complexity index is 345. The maximum Gasteiger partial charge on any atom is 0.0457 e. The van der Waals surface area contributed by atoms with Crippen molar-refractivity contribution in [3.8, 4) is 0 Å². The highest BCUT2D eigenvalue weighted by atomic mass is 79.9. The molecule has 0 radical (unpaired) electrons. The van der Waals surface area contributed by atoms with Crippen molar-refractivity contribution in [3.63, 3.8) is 0 Å². The van der Waals surface area contributed by atoms with Gasteiger partial charge in [0.15, 0.2) is 0 Å². The highest BCUT2D eigenvalue weighted by Crippen LogP contribution is 2.40. The highest BCUT2D eigenvalue weighted by molar-refractivity contribution is 9.10. The van der Waals surface area contributed by atoms with Crippen molar-refractivity contribution < 1.29 is 0 Å². The molecule has 76 valence electrons. The van der Waals surface area contributed by atoms with Crippen molar-refractivity contribution in [1.82, 2.24) is 0 Å². The fraction of sp³-hybridized carbons (Fsp3) is 0.455. The number of halogens is 2. The first-order valence-electron chi connectivity index (χ1n) is 4.86.